The van der Waals surface area contributed by atoms with Gasteiger partial charge in [-0.15, -0.1) is 0 Å². The van der Waals surface area contributed by atoms with Crippen LogP contribution in [0.25, 0.3) is 78.0 Å². The van der Waals surface area contributed by atoms with Crippen LogP contribution in [-0.2, 0) is 0 Å². The average Bonchev–Trinajstić information content (AvgIpc) is 3.59. The third kappa shape index (κ3) is 5.45. The lowest BCUT2D eigenvalue weighted by Gasteiger charge is -2.32. The number of hydrogen-bond donors (Lipinski definition) is 0. The van der Waals surface area contributed by atoms with E-state index >= 15 is 0 Å². The zero-order valence-electron chi connectivity index (χ0n) is 31.0. The lowest BCUT2D eigenvalue weighted by molar-refractivity contribution is 1.07. The summed E-state index contributed by atoms with van der Waals surface area (Å²) in [4.78, 5) is 15.3. The minimum atomic E-state index is -2.87. The van der Waals surface area contributed by atoms with E-state index in [2.05, 4.69) is 176 Å². The highest BCUT2D eigenvalue weighted by Gasteiger charge is 2.49. The minimum absolute atomic E-state index is 0.648. The van der Waals surface area contributed by atoms with Gasteiger partial charge < -0.3 is 0 Å². The Morgan fingerprint density at radius 1 is 0.263 bits per heavy atom. The van der Waals surface area contributed by atoms with Gasteiger partial charge in [-0.2, -0.15) is 0 Å². The van der Waals surface area contributed by atoms with Crippen LogP contribution in [0.5, 0.6) is 0 Å². The van der Waals surface area contributed by atoms with Gasteiger partial charge in [-0.25, -0.2) is 15.0 Å². The van der Waals surface area contributed by atoms with Crippen LogP contribution in [0.4, 0.5) is 0 Å². The molecule has 57 heavy (non-hydrogen) atoms. The van der Waals surface area contributed by atoms with Crippen molar-refractivity contribution in [2.75, 3.05) is 0 Å². The fourth-order valence-corrected chi connectivity index (χ4v) is 14.2. The van der Waals surface area contributed by atoms with Crippen LogP contribution >= 0.6 is 0 Å². The summed E-state index contributed by atoms with van der Waals surface area (Å²) in [5.74, 6) is 1.95. The molecule has 3 nitrogen and oxygen atoms in total. The van der Waals surface area contributed by atoms with Crippen molar-refractivity contribution in [1.29, 1.82) is 0 Å². The number of nitrogens with zero attached hydrogens (tertiary/aromatic N) is 3. The van der Waals surface area contributed by atoms with E-state index in [0.29, 0.717) is 17.5 Å². The Morgan fingerprint density at radius 3 is 1.32 bits per heavy atom. The molecule has 0 radical (unpaired) electrons. The van der Waals surface area contributed by atoms with E-state index in [9.17, 15) is 0 Å². The van der Waals surface area contributed by atoms with Crippen LogP contribution in [0.15, 0.2) is 212 Å². The van der Waals surface area contributed by atoms with Crippen LogP contribution in [0.3, 0.4) is 0 Å². The van der Waals surface area contributed by atoms with E-state index in [0.717, 1.165) is 27.8 Å². The van der Waals surface area contributed by atoms with Crippen molar-refractivity contribution in [1.82, 2.24) is 15.0 Å². The maximum atomic E-state index is 5.16. The molecule has 0 bridgehead atoms. The fraction of sp³-hybridized carbons (Fsp3) is 0. The molecule has 0 aliphatic carbocycles. The highest BCUT2D eigenvalue weighted by atomic mass is 28.3. The summed E-state index contributed by atoms with van der Waals surface area (Å²) in [6.45, 7) is 0. The molecule has 0 N–H and O–H groups in total. The van der Waals surface area contributed by atoms with Gasteiger partial charge >= 0.3 is 0 Å². The number of aromatic nitrogens is 3. The number of benzene rings is 9. The van der Waals surface area contributed by atoms with Gasteiger partial charge in [0.1, 0.15) is 0 Å². The Bertz CT molecular complexity index is 3000. The summed E-state index contributed by atoms with van der Waals surface area (Å²) < 4.78 is 0. The molecule has 0 amide bonds. The van der Waals surface area contributed by atoms with Crippen molar-refractivity contribution < 1.29 is 0 Å². The van der Waals surface area contributed by atoms with Crippen LogP contribution in [0.1, 0.15) is 0 Å². The molecular formula is C53H35N3Si. The average molecular weight is 742 g/mol. The molecule has 1 aliphatic rings. The summed E-state index contributed by atoms with van der Waals surface area (Å²) in [6.07, 6.45) is 0. The van der Waals surface area contributed by atoms with E-state index in [1.807, 2.05) is 36.4 Å². The summed E-state index contributed by atoms with van der Waals surface area (Å²) in [7, 11) is -2.87. The van der Waals surface area contributed by atoms with Crippen molar-refractivity contribution >= 4 is 50.4 Å². The van der Waals surface area contributed by atoms with Crippen molar-refractivity contribution in [3.05, 3.63) is 212 Å². The van der Waals surface area contributed by atoms with Crippen LogP contribution in [0, 0.1) is 0 Å². The Labute approximate surface area is 332 Å². The minimum Gasteiger partial charge on any atom is -0.208 e. The van der Waals surface area contributed by atoms with Gasteiger partial charge in [-0.05, 0) is 64.5 Å². The molecule has 10 aromatic rings. The van der Waals surface area contributed by atoms with Crippen LogP contribution in [0.2, 0.25) is 0 Å². The second-order valence-corrected chi connectivity index (χ2v) is 18.5. The highest BCUT2D eigenvalue weighted by Crippen LogP contribution is 2.36. The molecule has 0 atom stereocenters. The summed E-state index contributed by atoms with van der Waals surface area (Å²) in [6, 6.07) is 77.0. The smallest absolute Gasteiger partial charge is 0.180 e. The molecule has 0 spiro atoms. The van der Waals surface area contributed by atoms with E-state index in [1.165, 1.54) is 53.4 Å². The molecular weight excluding hydrogens is 707 g/mol. The molecule has 9 aromatic carbocycles. The molecule has 1 aromatic heterocycles. The molecule has 4 heteroatoms. The van der Waals surface area contributed by atoms with E-state index < -0.39 is 8.07 Å². The topological polar surface area (TPSA) is 38.7 Å². The first-order valence-corrected chi connectivity index (χ1v) is 21.4. The first-order chi connectivity index (χ1) is 28.2. The summed E-state index contributed by atoms with van der Waals surface area (Å²) in [5, 5.41) is 10.6. The normalized spacial score (nSPS) is 12.7. The first-order valence-electron chi connectivity index (χ1n) is 19.4. The molecule has 0 fully saturated rings. The van der Waals surface area contributed by atoms with Crippen molar-refractivity contribution in [2.45, 2.75) is 0 Å². The van der Waals surface area contributed by atoms with E-state index in [4.69, 9.17) is 15.0 Å². The Hall–Kier alpha value is -7.27. The quantitative estimate of drug-likeness (QED) is 0.159. The number of fused-ring (bicyclic) bond motifs is 5. The predicted octanol–water partition coefficient (Wildman–Crippen LogP) is 10.2. The van der Waals surface area contributed by atoms with Gasteiger partial charge in [0.15, 0.2) is 25.5 Å². The standard InChI is InChI=1S/C53H35N3Si/c1-3-17-38(18-4-1)51-54-52(39-19-5-2-6-20-39)56-53(55-51)48-25-12-11-23-45(48)42-29-32-47-46-24-13-14-26-49(46)57(50(47)35-42,43-30-27-36-15-7-9-21-40(36)33-43)44-31-28-37-16-8-10-22-41(37)34-44/h1-35H. The lowest BCUT2D eigenvalue weighted by atomic mass is 9.96. The van der Waals surface area contributed by atoms with Crippen molar-refractivity contribution in [3.63, 3.8) is 0 Å². The molecule has 0 unspecified atom stereocenters. The Morgan fingerprint density at radius 2 is 0.719 bits per heavy atom. The second kappa shape index (κ2) is 13.5. The van der Waals surface area contributed by atoms with Crippen LogP contribution < -0.4 is 20.7 Å². The Balaban J connectivity index is 1.17. The van der Waals surface area contributed by atoms with Crippen molar-refractivity contribution in [3.8, 4) is 56.4 Å². The number of hydrogen-bond acceptors (Lipinski definition) is 3. The number of rotatable bonds is 6. The predicted molar refractivity (Wildman–Crippen MR) is 239 cm³/mol. The zero-order chi connectivity index (χ0) is 37.8. The summed E-state index contributed by atoms with van der Waals surface area (Å²) >= 11 is 0. The molecule has 0 saturated heterocycles. The molecule has 11 rings (SSSR count). The molecule has 1 aliphatic heterocycles. The maximum Gasteiger partial charge on any atom is 0.180 e. The molecule has 266 valence electrons. The van der Waals surface area contributed by atoms with Gasteiger partial charge in [0.05, 0.1) is 0 Å². The van der Waals surface area contributed by atoms with Gasteiger partial charge in [0, 0.05) is 16.7 Å². The lowest BCUT2D eigenvalue weighted by Crippen LogP contribution is -2.72. The van der Waals surface area contributed by atoms with Gasteiger partial charge in [-0.1, -0.05) is 212 Å². The third-order valence-electron chi connectivity index (χ3n) is 11.6. The van der Waals surface area contributed by atoms with E-state index in [1.54, 1.807) is 0 Å². The Kier molecular flexibility index (Phi) is 7.83. The molecule has 2 heterocycles. The second-order valence-electron chi connectivity index (χ2n) is 14.8. The van der Waals surface area contributed by atoms with Gasteiger partial charge in [0.25, 0.3) is 0 Å². The molecule has 0 saturated carbocycles. The largest absolute Gasteiger partial charge is 0.208 e. The van der Waals surface area contributed by atoms with Gasteiger partial charge in [-0.3, -0.25) is 0 Å². The van der Waals surface area contributed by atoms with Crippen LogP contribution in [-0.4, -0.2) is 23.0 Å². The fourth-order valence-electron chi connectivity index (χ4n) is 8.94. The summed E-state index contributed by atoms with van der Waals surface area (Å²) in [5.41, 5.74) is 7.71. The highest BCUT2D eigenvalue weighted by molar-refractivity contribution is 7.22. The monoisotopic (exact) mass is 741 g/mol. The maximum absolute atomic E-state index is 5.16. The first kappa shape index (κ1) is 33.1. The zero-order valence-corrected chi connectivity index (χ0v) is 32.0. The van der Waals surface area contributed by atoms with E-state index in [-0.39, 0.29) is 0 Å². The third-order valence-corrected chi connectivity index (χ3v) is 16.4. The van der Waals surface area contributed by atoms with Crippen molar-refractivity contribution in [2.24, 2.45) is 0 Å². The SMILES string of the molecule is c1ccc(-c2nc(-c3ccccc3)nc(-c3ccccc3-c3ccc4c(c3)[Si](c3ccc5ccccc5c3)(c3ccc5ccccc5c3)c3ccccc3-4)n2)cc1. The van der Waals surface area contributed by atoms with Gasteiger partial charge in [0.2, 0.25) is 0 Å².